The molecular weight excluding hydrogens is 268 g/mol. The number of hydrogen-bond donors (Lipinski definition) is 2. The van der Waals surface area contributed by atoms with Gasteiger partial charge in [0.1, 0.15) is 11.6 Å². The van der Waals surface area contributed by atoms with Crippen LogP contribution in [0.4, 0.5) is 0 Å². The van der Waals surface area contributed by atoms with Gasteiger partial charge in [-0.2, -0.15) is 0 Å². The molecule has 0 radical (unpaired) electrons. The fourth-order valence-electron chi connectivity index (χ4n) is 2.69. The average Bonchev–Trinajstić information content (AvgIpc) is 2.95. The molecule has 5 heteroatoms. The van der Waals surface area contributed by atoms with Gasteiger partial charge in [-0.25, -0.2) is 0 Å². The second-order valence-corrected chi connectivity index (χ2v) is 5.73. The van der Waals surface area contributed by atoms with Crippen LogP contribution in [0.25, 0.3) is 0 Å². The van der Waals surface area contributed by atoms with Crippen LogP contribution >= 0.6 is 0 Å². The van der Waals surface area contributed by atoms with Crippen molar-refractivity contribution in [2.24, 2.45) is 0 Å². The molecule has 0 spiro atoms. The summed E-state index contributed by atoms with van der Waals surface area (Å²) < 4.78 is 0. The second-order valence-electron chi connectivity index (χ2n) is 5.73. The van der Waals surface area contributed by atoms with Gasteiger partial charge in [-0.1, -0.05) is 30.3 Å². The molecule has 1 fully saturated rings. The number of amides is 2. The van der Waals surface area contributed by atoms with Gasteiger partial charge in [0.15, 0.2) is 0 Å². The van der Waals surface area contributed by atoms with E-state index in [1.165, 1.54) is 6.92 Å². The molecule has 1 aromatic rings. The van der Waals surface area contributed by atoms with Crippen LogP contribution in [0.2, 0.25) is 0 Å². The van der Waals surface area contributed by atoms with E-state index < -0.39 is 11.6 Å². The Labute approximate surface area is 125 Å². The normalized spacial score (nSPS) is 20.9. The van der Waals surface area contributed by atoms with Crippen molar-refractivity contribution in [2.45, 2.75) is 38.3 Å². The predicted molar refractivity (Wildman–Crippen MR) is 79.4 cm³/mol. The van der Waals surface area contributed by atoms with Crippen molar-refractivity contribution < 1.29 is 14.7 Å². The Morgan fingerprint density at radius 3 is 2.67 bits per heavy atom. The van der Waals surface area contributed by atoms with E-state index in [4.69, 9.17) is 0 Å². The Kier molecular flexibility index (Phi) is 4.63. The third kappa shape index (κ3) is 3.61. The number of aliphatic hydroxyl groups is 1. The minimum absolute atomic E-state index is 0.0810. The molecule has 0 bridgehead atoms. The van der Waals surface area contributed by atoms with E-state index in [1.807, 2.05) is 30.3 Å². The van der Waals surface area contributed by atoms with Gasteiger partial charge < -0.3 is 15.3 Å². The first-order valence-electron chi connectivity index (χ1n) is 7.24. The number of carbonyl (C=O) groups is 2. The summed E-state index contributed by atoms with van der Waals surface area (Å²) in [6, 6.07) is 8.81. The summed E-state index contributed by atoms with van der Waals surface area (Å²) >= 11 is 0. The van der Waals surface area contributed by atoms with Crippen molar-refractivity contribution in [3.8, 4) is 0 Å². The summed E-state index contributed by atoms with van der Waals surface area (Å²) in [5.41, 5.74) is -0.378. The van der Waals surface area contributed by atoms with E-state index in [-0.39, 0.29) is 18.4 Å². The zero-order valence-electron chi connectivity index (χ0n) is 12.5. The molecule has 1 aliphatic rings. The molecule has 2 N–H and O–H groups in total. The van der Waals surface area contributed by atoms with Gasteiger partial charge in [-0.3, -0.25) is 9.59 Å². The van der Waals surface area contributed by atoms with Crippen LogP contribution < -0.4 is 5.32 Å². The zero-order chi connectivity index (χ0) is 15.5. The largest absolute Gasteiger partial charge is 0.384 e. The van der Waals surface area contributed by atoms with Crippen LogP contribution in [0, 0.1) is 0 Å². The highest BCUT2D eigenvalue weighted by Crippen LogP contribution is 2.20. The molecule has 1 saturated heterocycles. The third-order valence-corrected chi connectivity index (χ3v) is 3.96. The highest BCUT2D eigenvalue weighted by Gasteiger charge is 2.33. The summed E-state index contributed by atoms with van der Waals surface area (Å²) in [5, 5.41) is 13.2. The Balaban J connectivity index is 1.96. The van der Waals surface area contributed by atoms with Gasteiger partial charge in [-0.05, 0) is 25.3 Å². The second kappa shape index (κ2) is 6.26. The minimum atomic E-state index is -1.13. The lowest BCUT2D eigenvalue weighted by molar-refractivity contribution is -0.137. The molecule has 5 nitrogen and oxygen atoms in total. The number of likely N-dealkylation sites (tertiary alicyclic amines) is 1. The van der Waals surface area contributed by atoms with Crippen LogP contribution in [0.3, 0.4) is 0 Å². The van der Waals surface area contributed by atoms with Crippen molar-refractivity contribution in [2.75, 3.05) is 13.1 Å². The van der Waals surface area contributed by atoms with Crippen molar-refractivity contribution in [3.05, 3.63) is 35.9 Å². The zero-order valence-corrected chi connectivity index (χ0v) is 12.5. The topological polar surface area (TPSA) is 69.6 Å². The maximum Gasteiger partial charge on any atom is 0.242 e. The van der Waals surface area contributed by atoms with Crippen molar-refractivity contribution in [3.63, 3.8) is 0 Å². The number of hydrogen-bond acceptors (Lipinski definition) is 3. The SMILES string of the molecule is CC(=O)N1CCCC1C(=O)NCC(C)(O)c1ccccc1. The molecule has 2 atom stereocenters. The lowest BCUT2D eigenvalue weighted by Gasteiger charge is -2.27. The first-order chi connectivity index (χ1) is 9.92. The Morgan fingerprint density at radius 2 is 2.05 bits per heavy atom. The summed E-state index contributed by atoms with van der Waals surface area (Å²) in [5.74, 6) is -0.277. The van der Waals surface area contributed by atoms with Crippen LogP contribution in [0.5, 0.6) is 0 Å². The molecule has 1 aromatic carbocycles. The molecule has 2 rings (SSSR count). The van der Waals surface area contributed by atoms with Crippen LogP contribution in [-0.2, 0) is 15.2 Å². The van der Waals surface area contributed by atoms with Crippen molar-refractivity contribution in [1.82, 2.24) is 10.2 Å². The fraction of sp³-hybridized carbons (Fsp3) is 0.500. The van der Waals surface area contributed by atoms with Gasteiger partial charge in [0, 0.05) is 13.5 Å². The van der Waals surface area contributed by atoms with Crippen LogP contribution in [0.1, 0.15) is 32.3 Å². The van der Waals surface area contributed by atoms with Gasteiger partial charge in [0.25, 0.3) is 0 Å². The quantitative estimate of drug-likeness (QED) is 0.870. The average molecular weight is 290 g/mol. The van der Waals surface area contributed by atoms with E-state index in [2.05, 4.69) is 5.32 Å². The standard InChI is InChI=1S/C16H22N2O3/c1-12(19)18-10-6-9-14(18)15(20)17-11-16(2,21)13-7-4-3-5-8-13/h3-5,7-8,14,21H,6,9-11H2,1-2H3,(H,17,20). The van der Waals surface area contributed by atoms with Crippen molar-refractivity contribution >= 4 is 11.8 Å². The Morgan fingerprint density at radius 1 is 1.38 bits per heavy atom. The van der Waals surface area contributed by atoms with E-state index >= 15 is 0 Å². The summed E-state index contributed by atoms with van der Waals surface area (Å²) in [7, 11) is 0. The summed E-state index contributed by atoms with van der Waals surface area (Å²) in [6.07, 6.45) is 1.52. The maximum atomic E-state index is 12.2. The highest BCUT2D eigenvalue weighted by atomic mass is 16.3. The first kappa shape index (κ1) is 15.5. The van der Waals surface area contributed by atoms with Crippen LogP contribution in [-0.4, -0.2) is 41.0 Å². The molecule has 2 unspecified atom stereocenters. The monoisotopic (exact) mass is 290 g/mol. The molecule has 114 valence electrons. The molecule has 2 amide bonds. The smallest absolute Gasteiger partial charge is 0.242 e. The van der Waals surface area contributed by atoms with E-state index in [1.54, 1.807) is 11.8 Å². The van der Waals surface area contributed by atoms with E-state index in [0.717, 1.165) is 12.0 Å². The van der Waals surface area contributed by atoms with E-state index in [0.29, 0.717) is 13.0 Å². The minimum Gasteiger partial charge on any atom is -0.384 e. The first-order valence-corrected chi connectivity index (χ1v) is 7.24. The number of nitrogens with one attached hydrogen (secondary N) is 1. The molecule has 0 aromatic heterocycles. The van der Waals surface area contributed by atoms with E-state index in [9.17, 15) is 14.7 Å². The Bertz CT molecular complexity index is 514. The highest BCUT2D eigenvalue weighted by molar-refractivity contribution is 5.87. The van der Waals surface area contributed by atoms with Crippen LogP contribution in [0.15, 0.2) is 30.3 Å². The molecule has 1 heterocycles. The lowest BCUT2D eigenvalue weighted by atomic mass is 9.96. The maximum absolute atomic E-state index is 12.2. The molecular formula is C16H22N2O3. The van der Waals surface area contributed by atoms with Gasteiger partial charge in [0.05, 0.1) is 6.54 Å². The summed E-state index contributed by atoms with van der Waals surface area (Å²) in [6.45, 7) is 3.90. The Hall–Kier alpha value is -1.88. The van der Waals surface area contributed by atoms with Gasteiger partial charge >= 0.3 is 0 Å². The summed E-state index contributed by atoms with van der Waals surface area (Å²) in [4.78, 5) is 25.3. The number of carbonyl (C=O) groups excluding carboxylic acids is 2. The predicted octanol–water partition coefficient (Wildman–Crippen LogP) is 1.02. The number of rotatable bonds is 4. The molecule has 21 heavy (non-hydrogen) atoms. The molecule has 0 saturated carbocycles. The molecule has 1 aliphatic heterocycles. The number of nitrogens with zero attached hydrogens (tertiary/aromatic N) is 1. The van der Waals surface area contributed by atoms with Crippen molar-refractivity contribution in [1.29, 1.82) is 0 Å². The fourth-order valence-corrected chi connectivity index (χ4v) is 2.69. The number of benzene rings is 1. The third-order valence-electron chi connectivity index (χ3n) is 3.96. The van der Waals surface area contributed by atoms with Gasteiger partial charge in [-0.15, -0.1) is 0 Å². The van der Waals surface area contributed by atoms with Gasteiger partial charge in [0.2, 0.25) is 11.8 Å². The molecule has 0 aliphatic carbocycles. The lowest BCUT2D eigenvalue weighted by Crippen LogP contribution is -2.48.